The molecule has 1 aliphatic rings. The second-order valence-corrected chi connectivity index (χ2v) is 11.6. The minimum atomic E-state index is -0.963. The Morgan fingerprint density at radius 1 is 1.20 bits per heavy atom. The van der Waals surface area contributed by atoms with Crippen LogP contribution in [0.5, 0.6) is 0 Å². The Morgan fingerprint density at radius 3 is 2.27 bits per heavy atom. The summed E-state index contributed by atoms with van der Waals surface area (Å²) in [5, 5.41) is 3.55. The van der Waals surface area contributed by atoms with Crippen LogP contribution in [0.1, 0.15) is 19.8 Å². The molecule has 0 amide bonds. The molecule has 0 aromatic heterocycles. The molecule has 0 aliphatic carbocycles. The van der Waals surface area contributed by atoms with Crippen molar-refractivity contribution in [2.24, 2.45) is 5.41 Å². The molecule has 0 spiro atoms. The van der Waals surface area contributed by atoms with Crippen LogP contribution in [0.4, 0.5) is 0 Å². The van der Waals surface area contributed by atoms with E-state index in [4.69, 9.17) is 4.74 Å². The lowest BCUT2D eigenvalue weighted by atomic mass is 9.82. The summed E-state index contributed by atoms with van der Waals surface area (Å²) in [6.07, 6.45) is 2.51. The Bertz CT molecular complexity index is 183. The summed E-state index contributed by atoms with van der Waals surface area (Å²) in [6, 6.07) is 1.44. The Labute approximate surface area is 95.8 Å². The lowest BCUT2D eigenvalue weighted by molar-refractivity contribution is 0.0238. The van der Waals surface area contributed by atoms with Crippen molar-refractivity contribution in [2.75, 3.05) is 26.3 Å². The van der Waals surface area contributed by atoms with E-state index in [-0.39, 0.29) is 0 Å². The first-order chi connectivity index (χ1) is 6.97. The fourth-order valence-electron chi connectivity index (χ4n) is 2.74. The van der Waals surface area contributed by atoms with Gasteiger partial charge < -0.3 is 10.1 Å². The normalized spacial score (nSPS) is 21.6. The Morgan fingerprint density at radius 2 is 1.80 bits per heavy atom. The van der Waals surface area contributed by atoms with Crippen molar-refractivity contribution in [2.45, 2.75) is 45.5 Å². The number of hydrogen-bond acceptors (Lipinski definition) is 2. The Kier molecular flexibility index (Phi) is 4.81. The van der Waals surface area contributed by atoms with E-state index in [0.29, 0.717) is 5.41 Å². The van der Waals surface area contributed by atoms with Gasteiger partial charge in [-0.25, -0.2) is 0 Å². The van der Waals surface area contributed by atoms with Crippen molar-refractivity contribution in [1.29, 1.82) is 0 Å². The highest BCUT2D eigenvalue weighted by Crippen LogP contribution is 2.38. The third-order valence-corrected chi connectivity index (χ3v) is 5.02. The minimum Gasteiger partial charge on any atom is -0.381 e. The summed E-state index contributed by atoms with van der Waals surface area (Å²) in [5.74, 6) is 0. The van der Waals surface area contributed by atoms with Crippen LogP contribution in [-0.2, 0) is 4.74 Å². The first kappa shape index (κ1) is 13.2. The van der Waals surface area contributed by atoms with E-state index < -0.39 is 8.07 Å². The second kappa shape index (κ2) is 5.46. The molecule has 1 saturated heterocycles. The predicted octanol–water partition coefficient (Wildman–Crippen LogP) is 2.73. The summed E-state index contributed by atoms with van der Waals surface area (Å²) >= 11 is 0. The quantitative estimate of drug-likeness (QED) is 0.732. The van der Waals surface area contributed by atoms with Gasteiger partial charge in [-0.15, -0.1) is 0 Å². The number of rotatable bonds is 5. The first-order valence-corrected chi connectivity index (χ1v) is 9.97. The van der Waals surface area contributed by atoms with Gasteiger partial charge in [0.1, 0.15) is 0 Å². The van der Waals surface area contributed by atoms with E-state index in [1.807, 2.05) is 0 Å². The second-order valence-electron chi connectivity index (χ2n) is 6.13. The van der Waals surface area contributed by atoms with Crippen LogP contribution in [0.25, 0.3) is 0 Å². The van der Waals surface area contributed by atoms with Gasteiger partial charge in [0.15, 0.2) is 0 Å². The monoisotopic (exact) mass is 229 g/mol. The third kappa shape index (κ3) is 4.66. The smallest absolute Gasteiger partial charge is 0.0471 e. The lowest BCUT2D eigenvalue weighted by Crippen LogP contribution is -2.43. The van der Waals surface area contributed by atoms with E-state index in [0.717, 1.165) is 19.8 Å². The van der Waals surface area contributed by atoms with Gasteiger partial charge >= 0.3 is 0 Å². The molecule has 0 saturated carbocycles. The summed E-state index contributed by atoms with van der Waals surface area (Å²) in [7, 11) is -0.963. The third-order valence-electron chi connectivity index (χ3n) is 3.21. The van der Waals surface area contributed by atoms with Crippen molar-refractivity contribution in [3.05, 3.63) is 0 Å². The van der Waals surface area contributed by atoms with E-state index in [1.54, 1.807) is 0 Å². The topological polar surface area (TPSA) is 21.3 Å². The highest BCUT2D eigenvalue weighted by molar-refractivity contribution is 6.76. The highest BCUT2D eigenvalue weighted by atomic mass is 28.3. The summed E-state index contributed by atoms with van der Waals surface area (Å²) in [5.41, 5.74) is 0.540. The zero-order valence-electron chi connectivity index (χ0n) is 10.9. The minimum absolute atomic E-state index is 0.540. The van der Waals surface area contributed by atoms with Crippen molar-refractivity contribution in [3.8, 4) is 0 Å². The standard InChI is InChI=1S/C12H27NOSi/c1-5-13-10-12(11-15(2,3)4)6-8-14-9-7-12/h13H,5-11H2,1-4H3. The van der Waals surface area contributed by atoms with Crippen LogP contribution in [0.2, 0.25) is 25.7 Å². The molecule has 1 rings (SSSR count). The van der Waals surface area contributed by atoms with Crippen molar-refractivity contribution in [1.82, 2.24) is 5.32 Å². The summed E-state index contributed by atoms with van der Waals surface area (Å²) < 4.78 is 5.51. The van der Waals surface area contributed by atoms with E-state index in [2.05, 4.69) is 31.9 Å². The Balaban J connectivity index is 2.58. The molecule has 15 heavy (non-hydrogen) atoms. The van der Waals surface area contributed by atoms with Gasteiger partial charge in [-0.1, -0.05) is 32.6 Å². The SMILES string of the molecule is CCNCC1(C[Si](C)(C)C)CCOCC1. The van der Waals surface area contributed by atoms with E-state index in [1.165, 1.54) is 25.4 Å². The van der Waals surface area contributed by atoms with Crippen molar-refractivity contribution < 1.29 is 4.74 Å². The van der Waals surface area contributed by atoms with Gasteiger partial charge in [0, 0.05) is 27.8 Å². The molecular formula is C12H27NOSi. The Hall–Kier alpha value is 0.137. The lowest BCUT2D eigenvalue weighted by Gasteiger charge is -2.41. The van der Waals surface area contributed by atoms with Crippen LogP contribution in [0, 0.1) is 5.41 Å². The molecule has 2 nitrogen and oxygen atoms in total. The van der Waals surface area contributed by atoms with Gasteiger partial charge in [-0.05, 0) is 24.8 Å². The van der Waals surface area contributed by atoms with Gasteiger partial charge in [0.2, 0.25) is 0 Å². The average Bonchev–Trinajstić information content (AvgIpc) is 2.14. The van der Waals surface area contributed by atoms with Crippen LogP contribution in [-0.4, -0.2) is 34.4 Å². The molecular weight excluding hydrogens is 202 g/mol. The molecule has 1 N–H and O–H groups in total. The molecule has 1 heterocycles. The van der Waals surface area contributed by atoms with Crippen LogP contribution < -0.4 is 5.32 Å². The molecule has 90 valence electrons. The molecule has 3 heteroatoms. The van der Waals surface area contributed by atoms with Crippen LogP contribution >= 0.6 is 0 Å². The van der Waals surface area contributed by atoms with Crippen LogP contribution in [0.15, 0.2) is 0 Å². The van der Waals surface area contributed by atoms with Crippen molar-refractivity contribution in [3.63, 3.8) is 0 Å². The maximum Gasteiger partial charge on any atom is 0.0471 e. The van der Waals surface area contributed by atoms with E-state index in [9.17, 15) is 0 Å². The maximum absolute atomic E-state index is 5.51. The summed E-state index contributed by atoms with van der Waals surface area (Å²) in [6.45, 7) is 13.9. The van der Waals surface area contributed by atoms with Gasteiger partial charge in [-0.2, -0.15) is 0 Å². The molecule has 0 bridgehead atoms. The molecule has 0 aromatic carbocycles. The molecule has 0 atom stereocenters. The van der Waals surface area contributed by atoms with Gasteiger partial charge in [-0.3, -0.25) is 0 Å². The molecule has 0 aromatic rings. The zero-order chi connectivity index (χ0) is 11.4. The average molecular weight is 229 g/mol. The fraction of sp³-hybridized carbons (Fsp3) is 1.00. The molecule has 1 fully saturated rings. The largest absolute Gasteiger partial charge is 0.381 e. The van der Waals surface area contributed by atoms with Crippen molar-refractivity contribution >= 4 is 8.07 Å². The summed E-state index contributed by atoms with van der Waals surface area (Å²) in [4.78, 5) is 0. The van der Waals surface area contributed by atoms with Crippen LogP contribution in [0.3, 0.4) is 0 Å². The predicted molar refractivity (Wildman–Crippen MR) is 69.2 cm³/mol. The molecule has 1 aliphatic heterocycles. The fourth-order valence-corrected chi connectivity index (χ4v) is 5.46. The van der Waals surface area contributed by atoms with E-state index >= 15 is 0 Å². The zero-order valence-corrected chi connectivity index (χ0v) is 11.9. The molecule has 0 radical (unpaired) electrons. The van der Waals surface area contributed by atoms with Gasteiger partial charge in [0.25, 0.3) is 0 Å². The highest BCUT2D eigenvalue weighted by Gasteiger charge is 2.36. The first-order valence-electron chi connectivity index (χ1n) is 6.26. The van der Waals surface area contributed by atoms with Gasteiger partial charge in [0.05, 0.1) is 0 Å². The molecule has 0 unspecified atom stereocenters. The number of nitrogens with one attached hydrogen (secondary N) is 1. The number of hydrogen-bond donors (Lipinski definition) is 1. The number of ether oxygens (including phenoxy) is 1. The maximum atomic E-state index is 5.51.